The zero-order valence-corrected chi connectivity index (χ0v) is 11.1. The molecular formula is C14H19NO4. The molecule has 0 fully saturated rings. The van der Waals surface area contributed by atoms with Gasteiger partial charge in [-0.05, 0) is 18.6 Å². The average Bonchev–Trinajstić information content (AvgIpc) is 2.37. The molecule has 0 bridgehead atoms. The predicted molar refractivity (Wildman–Crippen MR) is 70.2 cm³/mol. The first-order valence-corrected chi connectivity index (χ1v) is 6.36. The molecule has 0 saturated carbocycles. The topological polar surface area (TPSA) is 78.8 Å². The third kappa shape index (κ3) is 3.05. The van der Waals surface area contributed by atoms with Crippen molar-refractivity contribution in [3.63, 3.8) is 0 Å². The van der Waals surface area contributed by atoms with Crippen LogP contribution in [0.3, 0.4) is 0 Å². The summed E-state index contributed by atoms with van der Waals surface area (Å²) in [5, 5.41) is 22.2. The Morgan fingerprint density at radius 2 is 2.32 bits per heavy atom. The number of benzene rings is 1. The number of carbonyl (C=O) groups is 1. The number of hydrogen-bond donors (Lipinski definition) is 3. The van der Waals surface area contributed by atoms with Crippen molar-refractivity contribution < 1.29 is 19.7 Å². The lowest BCUT2D eigenvalue weighted by Gasteiger charge is -2.31. The molecule has 104 valence electrons. The maximum atomic E-state index is 10.8. The monoisotopic (exact) mass is 265 g/mol. The van der Waals surface area contributed by atoms with Gasteiger partial charge in [0.1, 0.15) is 18.5 Å². The van der Waals surface area contributed by atoms with Gasteiger partial charge in [-0.15, -0.1) is 0 Å². The SMILES string of the molecule is Cc1ccc2c(c1)OCC(NCC(C)C(=O)O)C2O. The van der Waals surface area contributed by atoms with Crippen LogP contribution in [0.25, 0.3) is 0 Å². The lowest BCUT2D eigenvalue weighted by atomic mass is 9.97. The van der Waals surface area contributed by atoms with Gasteiger partial charge in [0.25, 0.3) is 0 Å². The molecule has 0 saturated heterocycles. The van der Waals surface area contributed by atoms with Crippen molar-refractivity contribution >= 4 is 5.97 Å². The highest BCUT2D eigenvalue weighted by Crippen LogP contribution is 2.32. The molecule has 0 spiro atoms. The van der Waals surface area contributed by atoms with E-state index in [1.54, 1.807) is 6.92 Å². The third-order valence-electron chi connectivity index (χ3n) is 3.40. The molecule has 0 amide bonds. The van der Waals surface area contributed by atoms with Gasteiger partial charge < -0.3 is 20.3 Å². The van der Waals surface area contributed by atoms with Crippen LogP contribution in [0.1, 0.15) is 24.2 Å². The van der Waals surface area contributed by atoms with Crippen LogP contribution >= 0.6 is 0 Å². The van der Waals surface area contributed by atoms with E-state index >= 15 is 0 Å². The van der Waals surface area contributed by atoms with Crippen LogP contribution in [-0.4, -0.2) is 35.4 Å². The summed E-state index contributed by atoms with van der Waals surface area (Å²) in [6.07, 6.45) is -0.676. The van der Waals surface area contributed by atoms with Crippen LogP contribution < -0.4 is 10.1 Å². The normalized spacial score (nSPS) is 23.3. The Balaban J connectivity index is 2.03. The van der Waals surface area contributed by atoms with Gasteiger partial charge in [0.15, 0.2) is 0 Å². The van der Waals surface area contributed by atoms with E-state index in [1.165, 1.54) is 0 Å². The van der Waals surface area contributed by atoms with Gasteiger partial charge in [0.2, 0.25) is 0 Å². The number of aliphatic hydroxyl groups excluding tert-OH is 1. The summed E-state index contributed by atoms with van der Waals surface area (Å²) >= 11 is 0. The van der Waals surface area contributed by atoms with Crippen LogP contribution in [0.2, 0.25) is 0 Å². The fourth-order valence-corrected chi connectivity index (χ4v) is 2.08. The standard InChI is InChI=1S/C14H19NO4/c1-8-3-4-10-12(5-8)19-7-11(13(10)16)15-6-9(2)14(17)18/h3-5,9,11,13,15-16H,6-7H2,1-2H3,(H,17,18). The zero-order chi connectivity index (χ0) is 14.0. The van der Waals surface area contributed by atoms with Gasteiger partial charge >= 0.3 is 5.97 Å². The molecule has 5 heteroatoms. The molecule has 1 aliphatic heterocycles. The van der Waals surface area contributed by atoms with E-state index in [2.05, 4.69) is 5.32 Å². The van der Waals surface area contributed by atoms with Crippen molar-refractivity contribution in [3.8, 4) is 5.75 Å². The maximum Gasteiger partial charge on any atom is 0.307 e. The number of rotatable bonds is 4. The molecular weight excluding hydrogens is 246 g/mol. The van der Waals surface area contributed by atoms with Gasteiger partial charge in [0, 0.05) is 12.1 Å². The third-order valence-corrected chi connectivity index (χ3v) is 3.40. The number of carboxylic acids is 1. The second-order valence-electron chi connectivity index (χ2n) is 5.05. The minimum atomic E-state index is -0.852. The van der Waals surface area contributed by atoms with Crippen molar-refractivity contribution in [1.82, 2.24) is 5.32 Å². The van der Waals surface area contributed by atoms with Crippen LogP contribution in [0.5, 0.6) is 5.75 Å². The second-order valence-corrected chi connectivity index (χ2v) is 5.05. The minimum absolute atomic E-state index is 0.281. The van der Waals surface area contributed by atoms with Gasteiger partial charge in [-0.2, -0.15) is 0 Å². The Morgan fingerprint density at radius 3 is 3.00 bits per heavy atom. The number of aliphatic hydroxyl groups is 1. The zero-order valence-electron chi connectivity index (χ0n) is 11.1. The smallest absolute Gasteiger partial charge is 0.307 e. The Hall–Kier alpha value is -1.59. The van der Waals surface area contributed by atoms with Crippen molar-refractivity contribution in [2.75, 3.05) is 13.2 Å². The molecule has 3 N–H and O–H groups in total. The van der Waals surface area contributed by atoms with Gasteiger partial charge in [0.05, 0.1) is 12.0 Å². The molecule has 1 heterocycles. The van der Waals surface area contributed by atoms with E-state index in [9.17, 15) is 9.90 Å². The van der Waals surface area contributed by atoms with E-state index in [1.807, 2.05) is 25.1 Å². The Bertz CT molecular complexity index is 475. The van der Waals surface area contributed by atoms with Crippen molar-refractivity contribution in [2.45, 2.75) is 26.0 Å². The van der Waals surface area contributed by atoms with Gasteiger partial charge in [-0.25, -0.2) is 0 Å². The van der Waals surface area contributed by atoms with Crippen molar-refractivity contribution in [3.05, 3.63) is 29.3 Å². The highest BCUT2D eigenvalue weighted by Gasteiger charge is 2.29. The van der Waals surface area contributed by atoms with E-state index in [0.29, 0.717) is 18.9 Å². The molecule has 19 heavy (non-hydrogen) atoms. The summed E-state index contributed by atoms with van der Waals surface area (Å²) in [5.74, 6) is -0.641. The van der Waals surface area contributed by atoms with Crippen LogP contribution in [0, 0.1) is 12.8 Å². The summed E-state index contributed by atoms with van der Waals surface area (Å²) < 4.78 is 5.61. The summed E-state index contributed by atoms with van der Waals surface area (Å²) in [6.45, 7) is 4.24. The van der Waals surface area contributed by atoms with Gasteiger partial charge in [-0.1, -0.05) is 19.1 Å². The molecule has 2 rings (SSSR count). The molecule has 1 aromatic carbocycles. The summed E-state index contributed by atoms with van der Waals surface area (Å²) in [7, 11) is 0. The van der Waals surface area contributed by atoms with E-state index < -0.39 is 18.0 Å². The van der Waals surface area contributed by atoms with Gasteiger partial charge in [-0.3, -0.25) is 4.79 Å². The molecule has 1 aromatic rings. The maximum absolute atomic E-state index is 10.8. The van der Waals surface area contributed by atoms with Crippen molar-refractivity contribution in [1.29, 1.82) is 0 Å². The quantitative estimate of drug-likeness (QED) is 0.759. The van der Waals surface area contributed by atoms with E-state index in [4.69, 9.17) is 9.84 Å². The highest BCUT2D eigenvalue weighted by atomic mass is 16.5. The Morgan fingerprint density at radius 1 is 1.58 bits per heavy atom. The van der Waals surface area contributed by atoms with Crippen molar-refractivity contribution in [2.24, 2.45) is 5.92 Å². The first kappa shape index (κ1) is 13.8. The van der Waals surface area contributed by atoms with Crippen LogP contribution in [-0.2, 0) is 4.79 Å². The number of aryl methyl sites for hydroxylation is 1. The fraction of sp³-hybridized carbons (Fsp3) is 0.500. The van der Waals surface area contributed by atoms with Crippen LogP contribution in [0.4, 0.5) is 0 Å². The van der Waals surface area contributed by atoms with Crippen LogP contribution in [0.15, 0.2) is 18.2 Å². The number of aliphatic carboxylic acids is 1. The number of fused-ring (bicyclic) bond motifs is 1. The predicted octanol–water partition coefficient (Wildman–Crippen LogP) is 1.10. The number of hydrogen-bond acceptors (Lipinski definition) is 4. The Kier molecular flexibility index (Phi) is 4.07. The molecule has 0 radical (unpaired) electrons. The van der Waals surface area contributed by atoms with E-state index in [0.717, 1.165) is 11.1 Å². The highest BCUT2D eigenvalue weighted by molar-refractivity contribution is 5.69. The summed E-state index contributed by atoms with van der Waals surface area (Å²) in [4.78, 5) is 10.8. The molecule has 5 nitrogen and oxygen atoms in total. The second kappa shape index (κ2) is 5.59. The molecule has 3 atom stereocenters. The lowest BCUT2D eigenvalue weighted by Crippen LogP contribution is -2.45. The molecule has 0 aromatic heterocycles. The summed E-state index contributed by atoms with van der Waals surface area (Å²) in [6, 6.07) is 5.39. The lowest BCUT2D eigenvalue weighted by molar-refractivity contribution is -0.141. The molecule has 3 unspecified atom stereocenters. The largest absolute Gasteiger partial charge is 0.491 e. The fourth-order valence-electron chi connectivity index (χ4n) is 2.08. The average molecular weight is 265 g/mol. The molecule has 1 aliphatic rings. The minimum Gasteiger partial charge on any atom is -0.491 e. The number of carboxylic acid groups (broad SMARTS) is 1. The Labute approximate surface area is 112 Å². The van der Waals surface area contributed by atoms with E-state index in [-0.39, 0.29) is 6.04 Å². The first-order valence-electron chi connectivity index (χ1n) is 6.36. The number of nitrogens with one attached hydrogen (secondary N) is 1. The summed E-state index contributed by atoms with van der Waals surface area (Å²) in [5.41, 5.74) is 1.83. The number of ether oxygens (including phenoxy) is 1. The molecule has 0 aliphatic carbocycles. The first-order chi connectivity index (χ1) is 8.99.